The quantitative estimate of drug-likeness (QED) is 0.425. The Bertz CT molecular complexity index is 657. The van der Waals surface area contributed by atoms with Crippen molar-refractivity contribution in [1.82, 2.24) is 5.32 Å². The number of aromatic hydroxyl groups is 1. The van der Waals surface area contributed by atoms with Gasteiger partial charge in [-0.3, -0.25) is 4.79 Å². The van der Waals surface area contributed by atoms with Crippen molar-refractivity contribution >= 4 is 5.78 Å². The van der Waals surface area contributed by atoms with Crippen LogP contribution in [0, 0.1) is 0 Å². The molecule has 5 nitrogen and oxygen atoms in total. The van der Waals surface area contributed by atoms with Crippen LogP contribution < -0.4 is 5.32 Å². The summed E-state index contributed by atoms with van der Waals surface area (Å²) in [5.74, 6) is 0.0606. The van der Waals surface area contributed by atoms with Crippen LogP contribution in [-0.2, 0) is 11.2 Å². The highest BCUT2D eigenvalue weighted by molar-refractivity contribution is 5.99. The number of hydrogen-bond acceptors (Lipinski definition) is 5. The molecule has 0 saturated carbocycles. The molecule has 26 heavy (non-hydrogen) atoms. The molecule has 0 amide bonds. The average molecular weight is 357 g/mol. The predicted octanol–water partition coefficient (Wildman–Crippen LogP) is 2.56. The lowest BCUT2D eigenvalue weighted by molar-refractivity contribution is -0.00162. The van der Waals surface area contributed by atoms with Crippen molar-refractivity contribution < 1.29 is 19.7 Å². The van der Waals surface area contributed by atoms with Crippen LogP contribution in [0.5, 0.6) is 5.75 Å². The van der Waals surface area contributed by atoms with Gasteiger partial charge >= 0.3 is 0 Å². The summed E-state index contributed by atoms with van der Waals surface area (Å²) in [4.78, 5) is 12.8. The maximum atomic E-state index is 12.8. The molecule has 140 valence electrons. The number of phenols is 1. The molecule has 0 bridgehead atoms. The van der Waals surface area contributed by atoms with Crippen molar-refractivity contribution in [1.29, 1.82) is 0 Å². The van der Waals surface area contributed by atoms with Crippen LogP contribution in [0.2, 0.25) is 0 Å². The van der Waals surface area contributed by atoms with E-state index >= 15 is 0 Å². The minimum atomic E-state index is -0.692. The van der Waals surface area contributed by atoms with Gasteiger partial charge in [0.1, 0.15) is 11.9 Å². The van der Waals surface area contributed by atoms with Gasteiger partial charge in [0, 0.05) is 18.5 Å². The standard InChI is InChI=1S/C21H27NO4/c1-2-12-22-14-19(24)15-26-20(13-16-8-10-18(23)11-9-16)21(25)17-6-4-3-5-7-17/h3-11,19-20,22-24H,2,12-15H2,1H3. The fourth-order valence-electron chi connectivity index (χ4n) is 2.59. The summed E-state index contributed by atoms with van der Waals surface area (Å²) in [6.45, 7) is 3.40. The molecule has 2 aromatic rings. The summed E-state index contributed by atoms with van der Waals surface area (Å²) in [5, 5.41) is 22.6. The zero-order chi connectivity index (χ0) is 18.8. The van der Waals surface area contributed by atoms with E-state index in [0.29, 0.717) is 18.5 Å². The zero-order valence-corrected chi connectivity index (χ0v) is 15.1. The molecule has 0 aliphatic heterocycles. The first-order valence-electron chi connectivity index (χ1n) is 8.97. The maximum Gasteiger partial charge on any atom is 0.191 e. The predicted molar refractivity (Wildman–Crippen MR) is 101 cm³/mol. The van der Waals surface area contributed by atoms with Gasteiger partial charge in [-0.05, 0) is 30.7 Å². The smallest absolute Gasteiger partial charge is 0.191 e. The topological polar surface area (TPSA) is 78.8 Å². The fraction of sp³-hybridized carbons (Fsp3) is 0.381. The van der Waals surface area contributed by atoms with Crippen LogP contribution in [-0.4, -0.2) is 47.9 Å². The number of benzene rings is 2. The number of rotatable bonds is 11. The molecule has 5 heteroatoms. The summed E-state index contributed by atoms with van der Waals surface area (Å²) >= 11 is 0. The molecule has 0 radical (unpaired) electrons. The largest absolute Gasteiger partial charge is 0.508 e. The van der Waals surface area contributed by atoms with E-state index in [1.165, 1.54) is 0 Å². The number of phenolic OH excluding ortho intramolecular Hbond substituents is 1. The van der Waals surface area contributed by atoms with Gasteiger partial charge in [-0.1, -0.05) is 49.4 Å². The SMILES string of the molecule is CCCNCC(O)COC(Cc1ccc(O)cc1)C(=O)c1ccccc1. The van der Waals surface area contributed by atoms with Gasteiger partial charge in [-0.25, -0.2) is 0 Å². The Labute approximate surface area is 154 Å². The molecule has 2 aromatic carbocycles. The first-order valence-corrected chi connectivity index (χ1v) is 8.97. The van der Waals surface area contributed by atoms with E-state index in [4.69, 9.17) is 4.74 Å². The monoisotopic (exact) mass is 357 g/mol. The van der Waals surface area contributed by atoms with Crippen molar-refractivity contribution in [3.05, 3.63) is 65.7 Å². The van der Waals surface area contributed by atoms with Crippen LogP contribution in [0.3, 0.4) is 0 Å². The Balaban J connectivity index is 2.03. The van der Waals surface area contributed by atoms with E-state index in [1.54, 1.807) is 36.4 Å². The Hall–Kier alpha value is -2.21. The van der Waals surface area contributed by atoms with Crippen LogP contribution in [0.1, 0.15) is 29.3 Å². The number of carbonyl (C=O) groups is 1. The third-order valence-electron chi connectivity index (χ3n) is 4.00. The van der Waals surface area contributed by atoms with Crippen LogP contribution >= 0.6 is 0 Å². The Kier molecular flexibility index (Phi) is 8.28. The van der Waals surface area contributed by atoms with Crippen molar-refractivity contribution in [2.45, 2.75) is 32.0 Å². The lowest BCUT2D eigenvalue weighted by atomic mass is 9.99. The van der Waals surface area contributed by atoms with Crippen LogP contribution in [0.15, 0.2) is 54.6 Å². The van der Waals surface area contributed by atoms with Crippen molar-refractivity contribution in [2.75, 3.05) is 19.7 Å². The maximum absolute atomic E-state index is 12.8. The molecular weight excluding hydrogens is 330 g/mol. The number of Topliss-reactive ketones (excluding diaryl/α,β-unsaturated/α-hetero) is 1. The molecule has 0 aromatic heterocycles. The number of ketones is 1. The summed E-state index contributed by atoms with van der Waals surface area (Å²) < 4.78 is 5.78. The second-order valence-corrected chi connectivity index (χ2v) is 6.28. The van der Waals surface area contributed by atoms with Gasteiger partial charge < -0.3 is 20.3 Å². The number of carbonyl (C=O) groups excluding carboxylic acids is 1. The Morgan fingerprint density at radius 2 is 1.81 bits per heavy atom. The molecule has 0 saturated heterocycles. The van der Waals surface area contributed by atoms with Crippen molar-refractivity contribution in [3.8, 4) is 5.75 Å². The molecule has 3 N–H and O–H groups in total. The van der Waals surface area contributed by atoms with Crippen molar-refractivity contribution in [2.24, 2.45) is 0 Å². The van der Waals surface area contributed by atoms with E-state index in [1.807, 2.05) is 18.2 Å². The number of aliphatic hydroxyl groups is 1. The molecule has 2 atom stereocenters. The first kappa shape index (κ1) is 20.1. The summed E-state index contributed by atoms with van der Waals surface area (Å²) in [6, 6.07) is 15.7. The number of nitrogens with one attached hydrogen (secondary N) is 1. The fourth-order valence-corrected chi connectivity index (χ4v) is 2.59. The highest BCUT2D eigenvalue weighted by Crippen LogP contribution is 2.16. The average Bonchev–Trinajstić information content (AvgIpc) is 2.67. The third-order valence-corrected chi connectivity index (χ3v) is 4.00. The minimum absolute atomic E-state index is 0.0814. The molecule has 2 unspecified atom stereocenters. The first-order chi connectivity index (χ1) is 12.6. The third kappa shape index (κ3) is 6.59. The van der Waals surface area contributed by atoms with E-state index in [9.17, 15) is 15.0 Å². The second-order valence-electron chi connectivity index (χ2n) is 6.28. The van der Waals surface area contributed by atoms with Gasteiger partial charge in [0.15, 0.2) is 5.78 Å². The van der Waals surface area contributed by atoms with Crippen molar-refractivity contribution in [3.63, 3.8) is 0 Å². The summed E-state index contributed by atoms with van der Waals surface area (Å²) in [7, 11) is 0. The second kappa shape index (κ2) is 10.7. The highest BCUT2D eigenvalue weighted by atomic mass is 16.5. The van der Waals surface area contributed by atoms with Crippen LogP contribution in [0.25, 0.3) is 0 Å². The van der Waals surface area contributed by atoms with Gasteiger partial charge in [0.25, 0.3) is 0 Å². The minimum Gasteiger partial charge on any atom is -0.508 e. The highest BCUT2D eigenvalue weighted by Gasteiger charge is 2.22. The molecule has 2 rings (SSSR count). The normalized spacial score (nSPS) is 13.3. The van der Waals surface area contributed by atoms with E-state index in [0.717, 1.165) is 18.5 Å². The molecule has 0 heterocycles. The number of ether oxygens (including phenoxy) is 1. The molecule has 0 fully saturated rings. The van der Waals surface area contributed by atoms with Gasteiger partial charge in [-0.15, -0.1) is 0 Å². The number of aliphatic hydroxyl groups excluding tert-OH is 1. The number of hydrogen-bond donors (Lipinski definition) is 3. The van der Waals surface area contributed by atoms with Gasteiger partial charge in [-0.2, -0.15) is 0 Å². The lowest BCUT2D eigenvalue weighted by Gasteiger charge is -2.20. The zero-order valence-electron chi connectivity index (χ0n) is 15.1. The Morgan fingerprint density at radius 3 is 2.46 bits per heavy atom. The van der Waals surface area contributed by atoms with E-state index < -0.39 is 12.2 Å². The summed E-state index contributed by atoms with van der Waals surface area (Å²) in [5.41, 5.74) is 1.46. The van der Waals surface area contributed by atoms with E-state index in [2.05, 4.69) is 12.2 Å². The van der Waals surface area contributed by atoms with E-state index in [-0.39, 0.29) is 18.1 Å². The molecular formula is C21H27NO4. The molecule has 0 spiro atoms. The van der Waals surface area contributed by atoms with Crippen LogP contribution in [0.4, 0.5) is 0 Å². The van der Waals surface area contributed by atoms with Gasteiger partial charge in [0.05, 0.1) is 12.7 Å². The summed E-state index contributed by atoms with van der Waals surface area (Å²) in [6.07, 6.45) is 0.00218. The lowest BCUT2D eigenvalue weighted by Crippen LogP contribution is -2.35. The van der Waals surface area contributed by atoms with Gasteiger partial charge in [0.2, 0.25) is 0 Å². The molecule has 0 aliphatic rings. The molecule has 0 aliphatic carbocycles. The Morgan fingerprint density at radius 1 is 1.12 bits per heavy atom.